The van der Waals surface area contributed by atoms with Crippen molar-refractivity contribution in [1.82, 2.24) is 0 Å². The van der Waals surface area contributed by atoms with Crippen molar-refractivity contribution in [2.75, 3.05) is 0 Å². The van der Waals surface area contributed by atoms with E-state index >= 15 is 0 Å². The van der Waals surface area contributed by atoms with Gasteiger partial charge in [0.05, 0.1) is 12.2 Å². The first-order valence-corrected chi connectivity index (χ1v) is 11.9. The van der Waals surface area contributed by atoms with Crippen LogP contribution >= 0.6 is 0 Å². The lowest BCUT2D eigenvalue weighted by Gasteiger charge is -2.45. The Balaban J connectivity index is 1.53. The number of hydrogen-bond donors (Lipinski definition) is 3. The van der Waals surface area contributed by atoms with Gasteiger partial charge in [0.1, 0.15) is 5.78 Å². The summed E-state index contributed by atoms with van der Waals surface area (Å²) in [5, 5.41) is 30.0. The molecule has 0 amide bonds. The summed E-state index contributed by atoms with van der Waals surface area (Å²) in [6, 6.07) is 10.3. The van der Waals surface area contributed by atoms with Crippen LogP contribution in [-0.4, -0.2) is 39.3 Å². The second kappa shape index (κ2) is 11.6. The Morgan fingerprint density at radius 3 is 2.56 bits per heavy atom. The number of benzene rings is 1. The number of carbonyl (C=O) groups is 2. The summed E-state index contributed by atoms with van der Waals surface area (Å²) in [6.45, 7) is 0. The SMILES string of the molecule is O=C(O)CCC/C=C\C[C@H]1C(=O)C[C@@H](O)[C@@H]1/C=C/CC(O)C1(Cc2ccccc2)CCC1. The minimum absolute atomic E-state index is 0.0717. The van der Waals surface area contributed by atoms with Gasteiger partial charge >= 0.3 is 5.97 Å². The molecule has 0 bridgehead atoms. The molecule has 5 heteroatoms. The van der Waals surface area contributed by atoms with Gasteiger partial charge in [0.2, 0.25) is 0 Å². The minimum Gasteiger partial charge on any atom is -0.481 e. The van der Waals surface area contributed by atoms with Gasteiger partial charge in [-0.2, -0.15) is 0 Å². The van der Waals surface area contributed by atoms with Gasteiger partial charge in [0.25, 0.3) is 0 Å². The van der Waals surface area contributed by atoms with E-state index < -0.39 is 18.2 Å². The zero-order chi connectivity index (χ0) is 23.0. The topological polar surface area (TPSA) is 94.8 Å². The van der Waals surface area contributed by atoms with Crippen LogP contribution < -0.4 is 0 Å². The number of aliphatic hydroxyl groups is 2. The minimum atomic E-state index is -0.799. The van der Waals surface area contributed by atoms with E-state index in [1.165, 1.54) is 5.56 Å². The second-order valence-electron chi connectivity index (χ2n) is 9.47. The molecule has 1 unspecified atom stereocenters. The number of Topliss-reactive ketones (excluding diaryl/α,β-unsaturated/α-hetero) is 1. The highest BCUT2D eigenvalue weighted by molar-refractivity contribution is 5.84. The Hall–Kier alpha value is -2.24. The maximum atomic E-state index is 12.4. The van der Waals surface area contributed by atoms with Crippen molar-refractivity contribution < 1.29 is 24.9 Å². The molecule has 4 atom stereocenters. The van der Waals surface area contributed by atoms with Crippen molar-refractivity contribution in [2.45, 2.75) is 76.4 Å². The molecule has 1 aromatic carbocycles. The van der Waals surface area contributed by atoms with E-state index in [0.29, 0.717) is 25.7 Å². The van der Waals surface area contributed by atoms with Crippen molar-refractivity contribution in [3.05, 3.63) is 60.2 Å². The number of hydrogen-bond acceptors (Lipinski definition) is 4. The van der Waals surface area contributed by atoms with Gasteiger partial charge in [-0.25, -0.2) is 0 Å². The van der Waals surface area contributed by atoms with E-state index in [9.17, 15) is 19.8 Å². The Morgan fingerprint density at radius 1 is 1.16 bits per heavy atom. The van der Waals surface area contributed by atoms with E-state index in [2.05, 4.69) is 12.1 Å². The molecular weight excluding hydrogens is 404 g/mol. The first kappa shape index (κ1) is 24.4. The van der Waals surface area contributed by atoms with Crippen molar-refractivity contribution >= 4 is 11.8 Å². The van der Waals surface area contributed by atoms with Crippen LogP contribution in [-0.2, 0) is 16.0 Å². The summed E-state index contributed by atoms with van der Waals surface area (Å²) < 4.78 is 0. The van der Waals surface area contributed by atoms with Crippen molar-refractivity contribution in [2.24, 2.45) is 17.3 Å². The van der Waals surface area contributed by atoms with Crippen molar-refractivity contribution in [1.29, 1.82) is 0 Å². The summed E-state index contributed by atoms with van der Waals surface area (Å²) in [7, 11) is 0. The average molecular weight is 441 g/mol. The third kappa shape index (κ3) is 6.39. The van der Waals surface area contributed by atoms with Gasteiger partial charge in [-0.1, -0.05) is 61.1 Å². The Labute approximate surface area is 190 Å². The highest BCUT2D eigenvalue weighted by Crippen LogP contribution is 2.47. The Bertz CT molecular complexity index is 809. The molecule has 2 aliphatic carbocycles. The highest BCUT2D eigenvalue weighted by Gasteiger charge is 2.43. The van der Waals surface area contributed by atoms with Gasteiger partial charge in [0, 0.05) is 30.1 Å². The van der Waals surface area contributed by atoms with Crippen LogP contribution in [0.2, 0.25) is 0 Å². The molecule has 32 heavy (non-hydrogen) atoms. The number of aliphatic carboxylic acids is 1. The van der Waals surface area contributed by atoms with Crippen LogP contribution in [0.15, 0.2) is 54.6 Å². The third-order valence-electron chi connectivity index (χ3n) is 7.22. The fourth-order valence-electron chi connectivity index (χ4n) is 5.13. The number of allylic oxidation sites excluding steroid dienone is 2. The lowest BCUT2D eigenvalue weighted by atomic mass is 9.61. The molecule has 0 saturated heterocycles. The quantitative estimate of drug-likeness (QED) is 0.329. The number of ketones is 1. The summed E-state index contributed by atoms with van der Waals surface area (Å²) in [5.74, 6) is -1.21. The van der Waals surface area contributed by atoms with Gasteiger partial charge in [-0.15, -0.1) is 0 Å². The number of carboxylic acid groups (broad SMARTS) is 1. The van der Waals surface area contributed by atoms with Gasteiger partial charge in [-0.3, -0.25) is 9.59 Å². The van der Waals surface area contributed by atoms with Crippen molar-refractivity contribution in [3.63, 3.8) is 0 Å². The molecule has 0 aromatic heterocycles. The van der Waals surface area contributed by atoms with E-state index in [1.54, 1.807) is 0 Å². The zero-order valence-electron chi connectivity index (χ0n) is 18.7. The number of carboxylic acids is 1. The predicted octanol–water partition coefficient (Wildman–Crippen LogP) is 4.47. The molecule has 3 N–H and O–H groups in total. The number of rotatable bonds is 12. The smallest absolute Gasteiger partial charge is 0.303 e. The molecule has 5 nitrogen and oxygen atoms in total. The van der Waals surface area contributed by atoms with Gasteiger partial charge in [0.15, 0.2) is 0 Å². The summed E-state index contributed by atoms with van der Waals surface area (Å²) in [4.78, 5) is 22.9. The third-order valence-corrected chi connectivity index (χ3v) is 7.22. The van der Waals surface area contributed by atoms with Crippen molar-refractivity contribution in [3.8, 4) is 0 Å². The number of unbranched alkanes of at least 4 members (excludes halogenated alkanes) is 1. The predicted molar refractivity (Wildman–Crippen MR) is 124 cm³/mol. The molecule has 0 spiro atoms. The maximum Gasteiger partial charge on any atom is 0.303 e. The second-order valence-corrected chi connectivity index (χ2v) is 9.47. The summed E-state index contributed by atoms with van der Waals surface area (Å²) >= 11 is 0. The van der Waals surface area contributed by atoms with Crippen LogP contribution in [0.3, 0.4) is 0 Å². The van der Waals surface area contributed by atoms with Crippen LogP contribution in [0, 0.1) is 17.3 Å². The summed E-state index contributed by atoms with van der Waals surface area (Å²) in [5.41, 5.74) is 1.18. The van der Waals surface area contributed by atoms with E-state index in [-0.39, 0.29) is 35.9 Å². The lowest BCUT2D eigenvalue weighted by Crippen LogP contribution is -2.43. The fourth-order valence-corrected chi connectivity index (χ4v) is 5.13. The van der Waals surface area contributed by atoms with E-state index in [4.69, 9.17) is 5.11 Å². The lowest BCUT2D eigenvalue weighted by molar-refractivity contribution is -0.137. The molecular formula is C27H36O5. The van der Waals surface area contributed by atoms with E-state index in [1.807, 2.05) is 42.5 Å². The highest BCUT2D eigenvalue weighted by atomic mass is 16.4. The molecule has 0 radical (unpaired) electrons. The molecule has 2 saturated carbocycles. The fraction of sp³-hybridized carbons (Fsp3) is 0.556. The largest absolute Gasteiger partial charge is 0.481 e. The average Bonchev–Trinajstić information content (AvgIpc) is 3.00. The van der Waals surface area contributed by atoms with Gasteiger partial charge in [-0.05, 0) is 50.5 Å². The Morgan fingerprint density at radius 2 is 1.91 bits per heavy atom. The monoisotopic (exact) mass is 440 g/mol. The zero-order valence-corrected chi connectivity index (χ0v) is 18.7. The standard InChI is InChI=1S/C27H36O5/c28-23-18-24(29)22(21(23)12-6-1-2-7-15-26(31)32)13-8-14-25(30)27(16-9-17-27)19-20-10-4-3-5-11-20/h1,3-6,8,10-11,13,21-22,24-25,29-30H,2,7,9,12,14-19H2,(H,31,32)/b6-1-,13-8+/t21-,22-,24-,25?/m1/s1. The normalized spacial score (nSPS) is 25.9. The molecule has 1 aromatic rings. The Kier molecular flexibility index (Phi) is 8.83. The molecule has 174 valence electrons. The summed E-state index contributed by atoms with van der Waals surface area (Å²) in [6.07, 6.45) is 13.3. The molecule has 2 fully saturated rings. The van der Waals surface area contributed by atoms with Gasteiger partial charge < -0.3 is 15.3 Å². The number of aliphatic hydroxyl groups excluding tert-OH is 2. The molecule has 0 aliphatic heterocycles. The first-order chi connectivity index (χ1) is 15.4. The van der Waals surface area contributed by atoms with Crippen LogP contribution in [0.1, 0.15) is 63.4 Å². The van der Waals surface area contributed by atoms with Crippen LogP contribution in [0.5, 0.6) is 0 Å². The van der Waals surface area contributed by atoms with Crippen LogP contribution in [0.4, 0.5) is 0 Å². The van der Waals surface area contributed by atoms with Crippen LogP contribution in [0.25, 0.3) is 0 Å². The number of carbonyl (C=O) groups excluding carboxylic acids is 1. The molecule has 0 heterocycles. The van der Waals surface area contributed by atoms with E-state index in [0.717, 1.165) is 25.7 Å². The first-order valence-electron chi connectivity index (χ1n) is 11.9. The molecule has 3 rings (SSSR count). The maximum absolute atomic E-state index is 12.4. The molecule has 2 aliphatic rings.